The fraction of sp³-hybridized carbons (Fsp3) is 0.353. The van der Waals surface area contributed by atoms with Gasteiger partial charge in [0.05, 0.1) is 34.7 Å². The Hall–Kier alpha value is -4.73. The number of para-hydroxylation sites is 1. The molecule has 6 rings (SSSR count). The van der Waals surface area contributed by atoms with Crippen molar-refractivity contribution in [2.75, 3.05) is 63.6 Å². The molecule has 2 aliphatic heterocycles. The lowest BCUT2D eigenvalue weighted by Gasteiger charge is -2.40. The SMILES string of the molecule is Cc1cccc(S(C)(=O)=O)c1-n1c(=O)nc(N2CCN(C(=O)/C=C/CN3CCOCC3)C[C@@H]2C)c2cc(F)c(-c3c(O)cccc3F)nc21. The first-order chi connectivity index (χ1) is 23.3. The smallest absolute Gasteiger partial charge is 0.355 e. The van der Waals surface area contributed by atoms with Crippen molar-refractivity contribution < 1.29 is 31.8 Å². The number of ether oxygens (including phenoxy) is 1. The van der Waals surface area contributed by atoms with Crippen molar-refractivity contribution in [1.82, 2.24) is 24.3 Å². The highest BCUT2D eigenvalue weighted by atomic mass is 32.2. The predicted molar refractivity (Wildman–Crippen MR) is 180 cm³/mol. The summed E-state index contributed by atoms with van der Waals surface area (Å²) in [6.07, 6.45) is 4.37. The highest BCUT2D eigenvalue weighted by Gasteiger charge is 2.31. The fourth-order valence-corrected chi connectivity index (χ4v) is 7.26. The van der Waals surface area contributed by atoms with E-state index in [2.05, 4.69) is 14.9 Å². The summed E-state index contributed by atoms with van der Waals surface area (Å²) in [6, 6.07) is 8.62. The number of phenols is 1. The van der Waals surface area contributed by atoms with Crippen LogP contribution in [0, 0.1) is 18.6 Å². The molecule has 0 spiro atoms. The number of piperazine rings is 1. The second-order valence-corrected chi connectivity index (χ2v) is 14.2. The van der Waals surface area contributed by atoms with Crippen molar-refractivity contribution in [3.8, 4) is 22.7 Å². The number of phenolic OH excluding ortho intramolecular Hbond substituents is 1. The van der Waals surface area contributed by atoms with Gasteiger partial charge < -0.3 is 19.6 Å². The van der Waals surface area contributed by atoms with E-state index in [1.807, 2.05) is 13.0 Å². The van der Waals surface area contributed by atoms with Crippen molar-refractivity contribution >= 4 is 32.6 Å². The van der Waals surface area contributed by atoms with E-state index in [4.69, 9.17) is 4.74 Å². The number of benzene rings is 2. The number of morpholine rings is 1. The predicted octanol–water partition coefficient (Wildman–Crippen LogP) is 3.07. The second-order valence-electron chi connectivity index (χ2n) is 12.2. The highest BCUT2D eigenvalue weighted by Crippen LogP contribution is 2.36. The normalized spacial score (nSPS) is 17.7. The van der Waals surface area contributed by atoms with Gasteiger partial charge in [-0.25, -0.2) is 31.5 Å². The van der Waals surface area contributed by atoms with E-state index in [9.17, 15) is 23.1 Å². The van der Waals surface area contributed by atoms with Gasteiger partial charge in [0.1, 0.15) is 23.1 Å². The van der Waals surface area contributed by atoms with Crippen molar-refractivity contribution in [2.45, 2.75) is 24.8 Å². The van der Waals surface area contributed by atoms with Crippen LogP contribution in [0.25, 0.3) is 28.0 Å². The number of aromatic hydroxyl groups is 1. The third-order valence-electron chi connectivity index (χ3n) is 8.79. The lowest BCUT2D eigenvalue weighted by atomic mass is 10.1. The summed E-state index contributed by atoms with van der Waals surface area (Å²) in [5.74, 6) is -2.61. The lowest BCUT2D eigenvalue weighted by molar-refractivity contribution is -0.126. The first-order valence-corrected chi connectivity index (χ1v) is 17.7. The highest BCUT2D eigenvalue weighted by molar-refractivity contribution is 7.90. The Morgan fingerprint density at radius 2 is 1.80 bits per heavy atom. The maximum absolute atomic E-state index is 16.0. The van der Waals surface area contributed by atoms with Crippen LogP contribution in [-0.4, -0.2) is 109 Å². The van der Waals surface area contributed by atoms with E-state index in [1.54, 1.807) is 28.9 Å². The van der Waals surface area contributed by atoms with Crippen molar-refractivity contribution in [2.24, 2.45) is 0 Å². The van der Waals surface area contributed by atoms with Crippen molar-refractivity contribution in [3.05, 3.63) is 82.3 Å². The van der Waals surface area contributed by atoms with E-state index in [1.165, 1.54) is 24.3 Å². The number of carbonyl (C=O) groups is 1. The zero-order valence-corrected chi connectivity index (χ0v) is 28.1. The summed E-state index contributed by atoms with van der Waals surface area (Å²) in [5, 5.41) is 10.6. The summed E-state index contributed by atoms with van der Waals surface area (Å²) in [5.41, 5.74) is -1.82. The molecule has 12 nitrogen and oxygen atoms in total. The Labute approximate surface area is 281 Å². The fourth-order valence-electron chi connectivity index (χ4n) is 6.33. The maximum atomic E-state index is 16.0. The Kier molecular flexibility index (Phi) is 9.51. The molecule has 49 heavy (non-hydrogen) atoms. The number of amides is 1. The molecule has 2 aliphatic rings. The maximum Gasteiger partial charge on any atom is 0.355 e. The number of carbonyl (C=O) groups excluding carboxylic acids is 1. The molecular formula is C34H36F2N6O6S. The molecule has 0 unspecified atom stereocenters. The third kappa shape index (κ3) is 6.78. The summed E-state index contributed by atoms with van der Waals surface area (Å²) in [6.45, 7) is 7.79. The standard InChI is InChI=1S/C34H36F2N6O6S/c1-21-7-4-10-27(49(3,46)47)31(21)42-33-23(19-25(36)30(37-33)29-24(35)8-5-9-26(29)43)32(38-34(42)45)41-14-13-40(20-22(41)2)28(44)11-6-12-39-15-17-48-18-16-39/h4-11,19,22,43H,12-18,20H2,1-3H3/b11-6+/t22-/m0/s1. The summed E-state index contributed by atoms with van der Waals surface area (Å²) < 4.78 is 63.1. The van der Waals surface area contributed by atoms with E-state index >= 15 is 8.78 Å². The molecular weight excluding hydrogens is 658 g/mol. The molecule has 0 saturated carbocycles. The van der Waals surface area contributed by atoms with Crippen LogP contribution in [0.15, 0.2) is 64.3 Å². The zero-order chi connectivity index (χ0) is 35.0. The Bertz CT molecular complexity index is 2110. The monoisotopic (exact) mass is 694 g/mol. The van der Waals surface area contributed by atoms with Gasteiger partial charge in [-0.1, -0.05) is 24.3 Å². The molecule has 0 aliphatic carbocycles. The number of aryl methyl sites for hydroxylation is 1. The van der Waals surface area contributed by atoms with Crippen LogP contribution in [-0.2, 0) is 19.4 Å². The van der Waals surface area contributed by atoms with Gasteiger partial charge in [0, 0.05) is 57.6 Å². The molecule has 0 radical (unpaired) electrons. The van der Waals surface area contributed by atoms with E-state index in [0.717, 1.165) is 36.0 Å². The summed E-state index contributed by atoms with van der Waals surface area (Å²) in [4.78, 5) is 41.3. The quantitative estimate of drug-likeness (QED) is 0.288. The van der Waals surface area contributed by atoms with Gasteiger partial charge >= 0.3 is 5.69 Å². The average Bonchev–Trinajstić information content (AvgIpc) is 3.05. The first kappa shape index (κ1) is 34.1. The van der Waals surface area contributed by atoms with Crippen LogP contribution in [0.2, 0.25) is 0 Å². The van der Waals surface area contributed by atoms with Gasteiger partial charge in [0.2, 0.25) is 5.91 Å². The van der Waals surface area contributed by atoms with E-state index < -0.39 is 44.2 Å². The number of nitrogens with zero attached hydrogens (tertiary/aromatic N) is 6. The molecule has 4 heterocycles. The van der Waals surface area contributed by atoms with Gasteiger partial charge in [-0.05, 0) is 43.7 Å². The molecule has 0 bridgehead atoms. The summed E-state index contributed by atoms with van der Waals surface area (Å²) >= 11 is 0. The van der Waals surface area contributed by atoms with Gasteiger partial charge in [-0.3, -0.25) is 9.69 Å². The minimum Gasteiger partial charge on any atom is -0.507 e. The van der Waals surface area contributed by atoms with Crippen LogP contribution in [0.3, 0.4) is 0 Å². The van der Waals surface area contributed by atoms with Gasteiger partial charge in [-0.2, -0.15) is 4.98 Å². The molecule has 15 heteroatoms. The van der Waals surface area contributed by atoms with Gasteiger partial charge in [0.15, 0.2) is 21.3 Å². The van der Waals surface area contributed by atoms with Crippen LogP contribution in [0.5, 0.6) is 5.75 Å². The van der Waals surface area contributed by atoms with E-state index in [-0.39, 0.29) is 59.0 Å². The van der Waals surface area contributed by atoms with Crippen LogP contribution in [0.4, 0.5) is 14.6 Å². The minimum atomic E-state index is -3.89. The molecule has 4 aromatic rings. The molecule has 1 N–H and O–H groups in total. The number of rotatable bonds is 7. The minimum absolute atomic E-state index is 0.0332. The Morgan fingerprint density at radius 1 is 1.06 bits per heavy atom. The number of aromatic nitrogens is 3. The first-order valence-electron chi connectivity index (χ1n) is 15.8. The van der Waals surface area contributed by atoms with Crippen molar-refractivity contribution in [1.29, 1.82) is 0 Å². The molecule has 1 atom stereocenters. The topological polar surface area (TPSA) is 138 Å². The Balaban J connectivity index is 1.45. The summed E-state index contributed by atoms with van der Waals surface area (Å²) in [7, 11) is -3.89. The molecule has 1 amide bonds. The number of fused-ring (bicyclic) bond motifs is 1. The molecule has 2 saturated heterocycles. The number of sulfone groups is 1. The number of hydrogen-bond acceptors (Lipinski definition) is 10. The Morgan fingerprint density at radius 3 is 2.49 bits per heavy atom. The average molecular weight is 695 g/mol. The largest absolute Gasteiger partial charge is 0.507 e. The third-order valence-corrected chi connectivity index (χ3v) is 9.92. The molecule has 2 aromatic carbocycles. The van der Waals surface area contributed by atoms with Crippen molar-refractivity contribution in [3.63, 3.8) is 0 Å². The van der Waals surface area contributed by atoms with E-state index in [0.29, 0.717) is 25.3 Å². The number of pyridine rings is 1. The number of hydrogen-bond donors (Lipinski definition) is 1. The van der Waals surface area contributed by atoms with Gasteiger partial charge in [0.25, 0.3) is 0 Å². The number of anilines is 1. The van der Waals surface area contributed by atoms with Gasteiger partial charge in [-0.15, -0.1) is 0 Å². The lowest BCUT2D eigenvalue weighted by Crippen LogP contribution is -2.54. The van der Waals surface area contributed by atoms with Crippen LogP contribution >= 0.6 is 0 Å². The molecule has 2 aromatic heterocycles. The second kappa shape index (κ2) is 13.6. The van der Waals surface area contributed by atoms with Crippen LogP contribution < -0.4 is 10.6 Å². The number of halogens is 2. The van der Waals surface area contributed by atoms with Crippen LogP contribution in [0.1, 0.15) is 12.5 Å². The zero-order valence-electron chi connectivity index (χ0n) is 27.3. The molecule has 2 fully saturated rings. The molecule has 258 valence electrons.